The summed E-state index contributed by atoms with van der Waals surface area (Å²) in [5, 5.41) is 12.1. The van der Waals surface area contributed by atoms with Gasteiger partial charge in [-0.05, 0) is 31.0 Å². The number of phenolic OH excluding ortho intramolecular Hbond substituents is 1. The van der Waals surface area contributed by atoms with Gasteiger partial charge in [-0.15, -0.1) is 0 Å². The highest BCUT2D eigenvalue weighted by molar-refractivity contribution is 6.35. The molecule has 1 N–H and O–H groups in total. The molecule has 0 amide bonds. The van der Waals surface area contributed by atoms with Gasteiger partial charge in [-0.3, -0.25) is 14.8 Å². The fourth-order valence-corrected chi connectivity index (χ4v) is 4.62. The lowest BCUT2D eigenvalue weighted by atomic mass is 9.94. The number of halogens is 1. The Hall–Kier alpha value is -1.36. The first-order valence-electron chi connectivity index (χ1n) is 9.44. The van der Waals surface area contributed by atoms with Gasteiger partial charge in [0, 0.05) is 55.9 Å². The van der Waals surface area contributed by atoms with Gasteiger partial charge >= 0.3 is 0 Å². The zero-order valence-electron chi connectivity index (χ0n) is 14.6. The molecular formula is C20H26ClN3O. The molecule has 2 aromatic rings. The second-order valence-electron chi connectivity index (χ2n) is 7.37. The first-order valence-corrected chi connectivity index (χ1v) is 9.81. The summed E-state index contributed by atoms with van der Waals surface area (Å²) in [5.74, 6) is 0.273. The largest absolute Gasteiger partial charge is 0.505 e. The number of phenols is 1. The van der Waals surface area contributed by atoms with Crippen LogP contribution in [0.2, 0.25) is 5.02 Å². The van der Waals surface area contributed by atoms with Gasteiger partial charge in [-0.2, -0.15) is 0 Å². The highest BCUT2D eigenvalue weighted by atomic mass is 35.5. The highest BCUT2D eigenvalue weighted by Gasteiger charge is 2.25. The number of rotatable bonds is 3. The number of hydrogen-bond acceptors (Lipinski definition) is 4. The minimum atomic E-state index is 0.273. The van der Waals surface area contributed by atoms with Crippen LogP contribution < -0.4 is 0 Å². The van der Waals surface area contributed by atoms with E-state index in [-0.39, 0.29) is 5.75 Å². The monoisotopic (exact) mass is 359 g/mol. The van der Waals surface area contributed by atoms with E-state index in [0.29, 0.717) is 10.5 Å². The van der Waals surface area contributed by atoms with Crippen LogP contribution in [0.1, 0.15) is 37.7 Å². The molecule has 4 rings (SSSR count). The summed E-state index contributed by atoms with van der Waals surface area (Å²) < 4.78 is 0. The molecule has 1 aromatic heterocycles. The maximum absolute atomic E-state index is 10.6. The molecule has 2 aliphatic rings. The third kappa shape index (κ3) is 3.62. The van der Waals surface area contributed by atoms with E-state index in [1.165, 1.54) is 32.1 Å². The third-order valence-electron chi connectivity index (χ3n) is 5.79. The Morgan fingerprint density at radius 1 is 1.12 bits per heavy atom. The van der Waals surface area contributed by atoms with E-state index in [1.54, 1.807) is 6.20 Å². The first kappa shape index (κ1) is 17.1. The van der Waals surface area contributed by atoms with Crippen LogP contribution in [0.3, 0.4) is 0 Å². The molecule has 2 heterocycles. The number of nitrogens with zero attached hydrogens (tertiary/aromatic N) is 3. The van der Waals surface area contributed by atoms with E-state index < -0.39 is 0 Å². The molecule has 4 nitrogen and oxygen atoms in total. The topological polar surface area (TPSA) is 39.6 Å². The number of pyridine rings is 1. The van der Waals surface area contributed by atoms with Crippen molar-refractivity contribution < 1.29 is 5.11 Å². The Labute approximate surface area is 154 Å². The van der Waals surface area contributed by atoms with Crippen LogP contribution in [-0.4, -0.2) is 52.1 Å². The lowest BCUT2D eigenvalue weighted by Gasteiger charge is -2.40. The van der Waals surface area contributed by atoms with Crippen molar-refractivity contribution >= 4 is 22.5 Å². The van der Waals surface area contributed by atoms with E-state index >= 15 is 0 Å². The van der Waals surface area contributed by atoms with Crippen molar-refractivity contribution in [1.82, 2.24) is 14.8 Å². The lowest BCUT2D eigenvalue weighted by Crippen LogP contribution is -2.50. The molecular weight excluding hydrogens is 334 g/mol. The molecule has 1 saturated carbocycles. The van der Waals surface area contributed by atoms with Gasteiger partial charge in [0.15, 0.2) is 0 Å². The van der Waals surface area contributed by atoms with Gasteiger partial charge < -0.3 is 5.11 Å². The third-order valence-corrected chi connectivity index (χ3v) is 6.10. The van der Waals surface area contributed by atoms with E-state index in [1.807, 2.05) is 18.2 Å². The van der Waals surface area contributed by atoms with Gasteiger partial charge in [0.05, 0.1) is 5.02 Å². The van der Waals surface area contributed by atoms with E-state index in [4.69, 9.17) is 11.6 Å². The van der Waals surface area contributed by atoms with Gasteiger partial charge in [-0.1, -0.05) is 30.9 Å². The molecule has 5 heteroatoms. The molecule has 1 aliphatic carbocycles. The van der Waals surface area contributed by atoms with Crippen molar-refractivity contribution in [3.63, 3.8) is 0 Å². The minimum Gasteiger partial charge on any atom is -0.505 e. The number of piperazine rings is 1. The second-order valence-corrected chi connectivity index (χ2v) is 7.78. The highest BCUT2D eigenvalue weighted by Crippen LogP contribution is 2.33. The number of aromatic hydroxyl groups is 1. The molecule has 2 fully saturated rings. The Bertz CT molecular complexity index is 737. The quantitative estimate of drug-likeness (QED) is 0.897. The summed E-state index contributed by atoms with van der Waals surface area (Å²) in [4.78, 5) is 9.39. The molecule has 0 spiro atoms. The summed E-state index contributed by atoms with van der Waals surface area (Å²) in [6.45, 7) is 5.09. The van der Waals surface area contributed by atoms with Gasteiger partial charge in [-0.25, -0.2) is 0 Å². The average molecular weight is 360 g/mol. The summed E-state index contributed by atoms with van der Waals surface area (Å²) in [7, 11) is 0. The average Bonchev–Trinajstić information content (AvgIpc) is 2.67. The van der Waals surface area contributed by atoms with Gasteiger partial charge in [0.25, 0.3) is 0 Å². The van der Waals surface area contributed by atoms with Crippen LogP contribution in [0.4, 0.5) is 0 Å². The molecule has 1 aliphatic heterocycles. The summed E-state index contributed by atoms with van der Waals surface area (Å²) in [6.07, 6.45) is 8.62. The van der Waals surface area contributed by atoms with Crippen molar-refractivity contribution in [2.75, 3.05) is 26.2 Å². The maximum atomic E-state index is 10.6. The fraction of sp³-hybridized carbons (Fsp3) is 0.550. The molecule has 0 bridgehead atoms. The molecule has 0 radical (unpaired) electrons. The molecule has 0 atom stereocenters. The van der Waals surface area contributed by atoms with Crippen LogP contribution in [0.25, 0.3) is 10.9 Å². The van der Waals surface area contributed by atoms with E-state index in [9.17, 15) is 5.11 Å². The lowest BCUT2D eigenvalue weighted by molar-refractivity contribution is 0.0752. The van der Waals surface area contributed by atoms with Gasteiger partial charge in [0.1, 0.15) is 11.3 Å². The van der Waals surface area contributed by atoms with Crippen LogP contribution in [0.15, 0.2) is 24.4 Å². The molecule has 1 saturated heterocycles. The van der Waals surface area contributed by atoms with E-state index in [2.05, 4.69) is 14.8 Å². The molecule has 1 aromatic carbocycles. The Morgan fingerprint density at radius 3 is 2.64 bits per heavy atom. The second kappa shape index (κ2) is 7.48. The van der Waals surface area contributed by atoms with Crippen LogP contribution in [0, 0.1) is 0 Å². The zero-order valence-corrected chi connectivity index (χ0v) is 15.4. The Kier molecular flexibility index (Phi) is 5.11. The first-order chi connectivity index (χ1) is 12.2. The number of aromatic nitrogens is 1. The maximum Gasteiger partial charge on any atom is 0.146 e. The van der Waals surface area contributed by atoms with Crippen molar-refractivity contribution in [3.05, 3.63) is 35.0 Å². The van der Waals surface area contributed by atoms with Crippen molar-refractivity contribution in [3.8, 4) is 5.75 Å². The summed E-state index contributed by atoms with van der Waals surface area (Å²) >= 11 is 6.40. The van der Waals surface area contributed by atoms with E-state index in [0.717, 1.165) is 49.7 Å². The normalized spacial score (nSPS) is 21.0. The fourth-order valence-electron chi connectivity index (χ4n) is 4.33. The number of hydrogen-bond donors (Lipinski definition) is 1. The zero-order chi connectivity index (χ0) is 17.2. The van der Waals surface area contributed by atoms with Gasteiger partial charge in [0.2, 0.25) is 0 Å². The summed E-state index contributed by atoms with van der Waals surface area (Å²) in [5.41, 5.74) is 1.48. The molecule has 0 unspecified atom stereocenters. The Balaban J connectivity index is 1.43. The molecule has 25 heavy (non-hydrogen) atoms. The standard InChI is InChI=1S/C20H26ClN3O/c21-18-13-15(20(25)19-17(18)7-4-8-22-19)14-23-9-11-24(12-10-23)16-5-2-1-3-6-16/h4,7-8,13,16,25H,1-3,5-6,9-12,14H2. The van der Waals surface area contributed by atoms with Crippen molar-refractivity contribution in [2.45, 2.75) is 44.7 Å². The predicted molar refractivity (Wildman–Crippen MR) is 102 cm³/mol. The summed E-state index contributed by atoms with van der Waals surface area (Å²) in [6, 6.07) is 6.44. The van der Waals surface area contributed by atoms with Crippen molar-refractivity contribution in [1.29, 1.82) is 0 Å². The number of benzene rings is 1. The molecule has 134 valence electrons. The van der Waals surface area contributed by atoms with Crippen molar-refractivity contribution in [2.24, 2.45) is 0 Å². The smallest absolute Gasteiger partial charge is 0.146 e. The Morgan fingerprint density at radius 2 is 1.88 bits per heavy atom. The van der Waals surface area contributed by atoms with Crippen LogP contribution in [-0.2, 0) is 6.54 Å². The SMILES string of the molecule is Oc1c(CN2CCN(C3CCCCC3)CC2)cc(Cl)c2cccnc12. The minimum absolute atomic E-state index is 0.273. The van der Waals surface area contributed by atoms with Crippen LogP contribution in [0.5, 0.6) is 5.75 Å². The predicted octanol–water partition coefficient (Wildman–Crippen LogP) is 4.04. The van der Waals surface area contributed by atoms with Crippen LogP contribution >= 0.6 is 11.6 Å². The number of fused-ring (bicyclic) bond motifs is 1.